The molecule has 31 aromatic rings. The number of fused-ring (bicyclic) bond motifs is 12. The second-order valence-electron chi connectivity index (χ2n) is 29.1. The van der Waals surface area contributed by atoms with E-state index in [0.717, 1.165) is 77.9 Å². The number of para-hydroxylation sites is 9. The third-order valence-corrected chi connectivity index (χ3v) is 19.0. The van der Waals surface area contributed by atoms with Crippen molar-refractivity contribution in [1.82, 2.24) is 198 Å². The Hall–Kier alpha value is -22.3. The Bertz CT molecular complexity index is 6770. The molecule has 7 aromatic carbocycles. The van der Waals surface area contributed by atoms with Crippen LogP contribution in [0.15, 0.2) is 558 Å². The summed E-state index contributed by atoms with van der Waals surface area (Å²) >= 11 is 0. The van der Waals surface area contributed by atoms with E-state index in [4.69, 9.17) is 0 Å². The highest BCUT2D eigenvalue weighted by molar-refractivity contribution is 5.82. The van der Waals surface area contributed by atoms with Crippen LogP contribution in [0.1, 0.15) is 0 Å². The standard InChI is InChI=1S/2C9H7N.C8H6N2.C8H7N.3C7H6N2.5C6H5N3.C5H5N.3C4H4N2.2C3H4N2.C2H3N3/c1-2-6-9-8(4-1)5-3-7-10-9;1-2-4-9-7-10-6-5-8(9)3-1;1-2-4-8-7(3-1)9-5-6-10-8;1-2-4-8-7(3-1)5-6-9-8;1-2-5-9-6-4-8-7(9)3-1;1-2-4-7-6(3-1)8-5-9-7;1-2-4-7-6(3-1)5-8-9-7;1-3-9-4-2-8-6(9)5-7-1;1-2-7-5-9-4-3-8-6(1)9;1-2-7-6-8-3-5-9(6)4-1;1-2-6-7-4-5-9(6)8-3-1;1-2-4-6-5(3-1)7-9-8-6;1-2-4-6-5-3-1;1-2-6-4-3-5-1;1-2-5-4-6-3-1;1-2-4-6-5-3-1;1-2-5-3-4-1;2*1-2-4-5-3-1/h2*1-7H;1-6H;1-6,9H;1-6H;2*1-5H,(H,8,9);4*1-5H;1-4H,(H,7,8,9);1-5H;3*1-4H;2*1-3H,(H,4,5);1-2H,(H,3,4,5). The fourth-order valence-corrected chi connectivity index (χ4v) is 12.1. The molecule has 40 nitrogen and oxygen atoms in total. The minimum atomic E-state index is 0.748. The number of imidazole rings is 7. The fourth-order valence-electron chi connectivity index (χ4n) is 12.1. The number of benzene rings is 7. The van der Waals surface area contributed by atoms with E-state index in [1.807, 2.05) is 329 Å². The topological polar surface area (TPSA) is 493 Å². The minimum absolute atomic E-state index is 0.748. The molecule has 0 saturated carbocycles. The molecule has 0 spiro atoms. The molecule has 0 aliphatic heterocycles. The van der Waals surface area contributed by atoms with Gasteiger partial charge in [0.2, 0.25) is 5.78 Å². The molecule has 150 heavy (non-hydrogen) atoms. The minimum Gasteiger partial charge on any atom is -0.361 e. The van der Waals surface area contributed by atoms with E-state index in [1.54, 1.807) is 203 Å². The van der Waals surface area contributed by atoms with Gasteiger partial charge >= 0.3 is 0 Å². The molecule has 0 unspecified atom stereocenters. The van der Waals surface area contributed by atoms with Crippen molar-refractivity contribution in [1.29, 1.82) is 0 Å². The van der Waals surface area contributed by atoms with E-state index in [2.05, 4.69) is 219 Å². The predicted octanol–water partition coefficient (Wildman–Crippen LogP) is 19.7. The van der Waals surface area contributed by atoms with Gasteiger partial charge in [-0.1, -0.05) is 133 Å². The summed E-state index contributed by atoms with van der Waals surface area (Å²) < 4.78 is 9.33. The number of H-pyrrole nitrogens is 7. The number of nitrogens with one attached hydrogen (secondary N) is 7. The van der Waals surface area contributed by atoms with E-state index in [9.17, 15) is 0 Å². The molecule has 0 amide bonds. The van der Waals surface area contributed by atoms with E-state index in [-0.39, 0.29) is 0 Å². The molecule has 0 fully saturated rings. The highest BCUT2D eigenvalue weighted by Crippen LogP contribution is 2.14. The second kappa shape index (κ2) is 64.8. The van der Waals surface area contributed by atoms with Crippen LogP contribution in [0.5, 0.6) is 0 Å². The van der Waals surface area contributed by atoms with Gasteiger partial charge in [0.25, 0.3) is 0 Å². The lowest BCUT2D eigenvalue weighted by atomic mass is 10.2. The Morgan fingerprint density at radius 3 is 1.33 bits per heavy atom. The van der Waals surface area contributed by atoms with E-state index >= 15 is 0 Å². The maximum atomic E-state index is 4.18. The first-order valence-corrected chi connectivity index (χ1v) is 45.8. The van der Waals surface area contributed by atoms with Gasteiger partial charge in [0.05, 0.1) is 70.5 Å². The van der Waals surface area contributed by atoms with Crippen molar-refractivity contribution in [3.8, 4) is 0 Å². The molecule has 0 aliphatic rings. The number of hydrogen-bond acceptors (Lipinski definition) is 28. The van der Waals surface area contributed by atoms with Crippen molar-refractivity contribution in [2.24, 2.45) is 0 Å². The van der Waals surface area contributed by atoms with Crippen LogP contribution in [-0.2, 0) is 0 Å². The van der Waals surface area contributed by atoms with E-state index in [1.165, 1.54) is 33.4 Å². The molecule has 0 atom stereocenters. The molecule has 24 heterocycles. The molecule has 31 rings (SSSR count). The molecule has 24 aromatic heterocycles. The van der Waals surface area contributed by atoms with E-state index in [0.29, 0.717) is 0 Å². The van der Waals surface area contributed by atoms with Crippen LogP contribution in [0.25, 0.3) is 105 Å². The Balaban J connectivity index is 0.000000132. The summed E-state index contributed by atoms with van der Waals surface area (Å²) in [6.45, 7) is 0. The fraction of sp³-hybridized carbons (Fsp3) is 0. The average molecular weight is 1980 g/mol. The molecular weight excluding hydrogens is 1880 g/mol. The van der Waals surface area contributed by atoms with Crippen LogP contribution in [0, 0.1) is 0 Å². The molecule has 738 valence electrons. The molecule has 0 radical (unpaired) electrons. The normalized spacial score (nSPS) is 9.60. The third-order valence-electron chi connectivity index (χ3n) is 19.0. The molecule has 40 heteroatoms. The number of rotatable bonds is 0. The van der Waals surface area contributed by atoms with Crippen LogP contribution in [0.4, 0.5) is 0 Å². The number of aromatic nitrogens is 40. The van der Waals surface area contributed by atoms with Crippen molar-refractivity contribution < 1.29 is 0 Å². The monoisotopic (exact) mass is 1980 g/mol. The van der Waals surface area contributed by atoms with Crippen LogP contribution >= 0.6 is 0 Å². The van der Waals surface area contributed by atoms with Crippen LogP contribution in [0.3, 0.4) is 0 Å². The Kier molecular flexibility index (Phi) is 45.4. The van der Waals surface area contributed by atoms with Gasteiger partial charge in [-0.25, -0.2) is 59.3 Å². The van der Waals surface area contributed by atoms with Crippen molar-refractivity contribution in [2.45, 2.75) is 0 Å². The molecular formula is C110H98N40. The van der Waals surface area contributed by atoms with Crippen LogP contribution < -0.4 is 0 Å². The van der Waals surface area contributed by atoms with Gasteiger partial charge in [0.15, 0.2) is 11.3 Å². The molecule has 0 bridgehead atoms. The van der Waals surface area contributed by atoms with Crippen molar-refractivity contribution >= 4 is 105 Å². The average Bonchev–Trinajstić information content (AvgIpc) is 1.85. The largest absolute Gasteiger partial charge is 0.361 e. The first-order chi connectivity index (χ1) is 74.6. The lowest BCUT2D eigenvalue weighted by Gasteiger charge is -1.91. The van der Waals surface area contributed by atoms with Gasteiger partial charge in [-0.05, 0) is 162 Å². The summed E-state index contributed by atoms with van der Waals surface area (Å²) in [5.41, 5.74) is 12.9. The summed E-state index contributed by atoms with van der Waals surface area (Å²) in [6, 6.07) is 90.4. The van der Waals surface area contributed by atoms with Crippen LogP contribution in [-0.4, -0.2) is 198 Å². The zero-order chi connectivity index (χ0) is 103. The lowest BCUT2D eigenvalue weighted by molar-refractivity contribution is 0.936. The Labute approximate surface area is 856 Å². The second-order valence-corrected chi connectivity index (χ2v) is 29.1. The molecule has 7 N–H and O–H groups in total. The highest BCUT2D eigenvalue weighted by atomic mass is 15.3. The summed E-state index contributed by atoms with van der Waals surface area (Å²) in [4.78, 5) is 83.6. The Morgan fingerprint density at radius 2 is 0.760 bits per heavy atom. The van der Waals surface area contributed by atoms with Crippen molar-refractivity contribution in [3.63, 3.8) is 0 Å². The van der Waals surface area contributed by atoms with Crippen LogP contribution in [0.2, 0.25) is 0 Å². The smallest absolute Gasteiger partial charge is 0.233 e. The number of pyridine rings is 4. The zero-order valence-corrected chi connectivity index (χ0v) is 80.3. The first kappa shape index (κ1) is 105. The number of aromatic amines is 7. The lowest BCUT2D eigenvalue weighted by Crippen LogP contribution is -1.85. The third kappa shape index (κ3) is 39.1. The highest BCUT2D eigenvalue weighted by Gasteiger charge is 1.97. The summed E-state index contributed by atoms with van der Waals surface area (Å²) in [6.07, 6.45) is 78.5. The Morgan fingerprint density at radius 1 is 0.213 bits per heavy atom. The van der Waals surface area contributed by atoms with Gasteiger partial charge in [0, 0.05) is 246 Å². The summed E-state index contributed by atoms with van der Waals surface area (Å²) in [5, 5.41) is 49.7. The van der Waals surface area contributed by atoms with Gasteiger partial charge in [0.1, 0.15) is 35.0 Å². The predicted molar refractivity (Wildman–Crippen MR) is 578 cm³/mol. The van der Waals surface area contributed by atoms with E-state index < -0.39 is 0 Å². The summed E-state index contributed by atoms with van der Waals surface area (Å²) in [7, 11) is 0. The quantitative estimate of drug-likeness (QED) is 0.0741. The van der Waals surface area contributed by atoms with Gasteiger partial charge in [-0.3, -0.25) is 58.9 Å². The maximum Gasteiger partial charge on any atom is 0.233 e. The van der Waals surface area contributed by atoms with Gasteiger partial charge in [-0.2, -0.15) is 56.3 Å². The van der Waals surface area contributed by atoms with Gasteiger partial charge < -0.3 is 23.8 Å². The maximum absolute atomic E-state index is 4.18. The van der Waals surface area contributed by atoms with Gasteiger partial charge in [-0.15, -0.1) is 0 Å². The summed E-state index contributed by atoms with van der Waals surface area (Å²) in [5.74, 6) is 0.748. The zero-order valence-electron chi connectivity index (χ0n) is 80.3. The SMILES string of the molecule is c1c[nH]cn1.c1cc2nccn2cn1.c1ccc2[nH]ccc2c1.c1ccc2[nH]cnc2c1.c1ccc2[nH]ncc2c1.c1ccc2cnccc2c1.c1ccc2n[nH]nc2c1.c1ccc2ncccc2c1.c1ccc2nccnc2c1.c1ccn2ccnc2c1.c1ccncc1.c1ccnnc1.c1cn2ccnc2cn1.c1cn[nH]c1.c1cn[nH]n1.c1cnc2nccn2c1.c1cnccn1.c1cncnc1.c1cnn2ccnc2c1. The number of nitrogens with zero attached hydrogens (tertiary/aromatic N) is 33. The molecule has 0 aliphatic carbocycles. The molecule has 0 saturated heterocycles. The van der Waals surface area contributed by atoms with Crippen molar-refractivity contribution in [3.05, 3.63) is 558 Å². The van der Waals surface area contributed by atoms with Crippen molar-refractivity contribution in [2.75, 3.05) is 0 Å². The first-order valence-electron chi connectivity index (χ1n) is 45.8. The number of hydrogen-bond donors (Lipinski definition) is 7.